The summed E-state index contributed by atoms with van der Waals surface area (Å²) in [4.78, 5) is 17.4. The van der Waals surface area contributed by atoms with Crippen LogP contribution in [0, 0.1) is 0 Å². The Bertz CT molecular complexity index is 974. The molecule has 27 heavy (non-hydrogen) atoms. The van der Waals surface area contributed by atoms with E-state index in [1.807, 2.05) is 36.4 Å². The second-order valence-corrected chi connectivity index (χ2v) is 7.39. The van der Waals surface area contributed by atoms with E-state index in [2.05, 4.69) is 40.4 Å². The van der Waals surface area contributed by atoms with Crippen LogP contribution in [0.25, 0.3) is 11.4 Å². The summed E-state index contributed by atoms with van der Waals surface area (Å²) in [5.74, 6) is 1.60. The molecule has 1 aliphatic carbocycles. The highest BCUT2D eigenvalue weighted by Gasteiger charge is 2.16. The van der Waals surface area contributed by atoms with Gasteiger partial charge in [-0.1, -0.05) is 32.0 Å². The third kappa shape index (κ3) is 3.63. The minimum absolute atomic E-state index is 0.101. The lowest BCUT2D eigenvalue weighted by Crippen LogP contribution is -2.14. The normalized spacial score (nSPS) is 13.4. The Morgan fingerprint density at radius 2 is 1.85 bits per heavy atom. The van der Waals surface area contributed by atoms with Crippen molar-refractivity contribution in [1.29, 1.82) is 0 Å². The molecule has 1 heterocycles. The van der Waals surface area contributed by atoms with Gasteiger partial charge in [-0.25, -0.2) is 4.98 Å². The quantitative estimate of drug-likeness (QED) is 0.707. The minimum Gasteiger partial charge on any atom is -0.321 e. The number of hydrogen-bond acceptors (Lipinski definition) is 3. The molecule has 5 nitrogen and oxygen atoms in total. The summed E-state index contributed by atoms with van der Waals surface area (Å²) in [6, 6.07) is 13.7. The maximum absolute atomic E-state index is 12.8. The molecule has 2 N–H and O–H groups in total. The smallest absolute Gasteiger partial charge is 0.255 e. The highest BCUT2D eigenvalue weighted by molar-refractivity contribution is 6.06. The van der Waals surface area contributed by atoms with Crippen LogP contribution in [0.4, 0.5) is 5.69 Å². The van der Waals surface area contributed by atoms with Crippen LogP contribution in [0.2, 0.25) is 0 Å². The van der Waals surface area contributed by atoms with E-state index < -0.39 is 0 Å². The van der Waals surface area contributed by atoms with Gasteiger partial charge in [-0.2, -0.15) is 5.10 Å². The van der Waals surface area contributed by atoms with Crippen LogP contribution in [0.5, 0.6) is 0 Å². The highest BCUT2D eigenvalue weighted by atomic mass is 16.1. The minimum atomic E-state index is -0.101. The first-order valence-electron chi connectivity index (χ1n) is 9.56. The van der Waals surface area contributed by atoms with Crippen LogP contribution in [-0.2, 0) is 12.8 Å². The lowest BCUT2D eigenvalue weighted by molar-refractivity contribution is 0.102. The Hall–Kier alpha value is -2.95. The Morgan fingerprint density at radius 3 is 2.63 bits per heavy atom. The number of aryl methyl sites for hydroxylation is 2. The van der Waals surface area contributed by atoms with E-state index >= 15 is 0 Å². The number of carbonyl (C=O) groups excluding carboxylic acids is 1. The summed E-state index contributed by atoms with van der Waals surface area (Å²) >= 11 is 0. The van der Waals surface area contributed by atoms with Crippen LogP contribution in [0.15, 0.2) is 42.5 Å². The van der Waals surface area contributed by atoms with E-state index in [0.717, 1.165) is 29.9 Å². The number of hydrogen-bond donors (Lipinski definition) is 2. The van der Waals surface area contributed by atoms with Gasteiger partial charge < -0.3 is 5.32 Å². The predicted octanol–water partition coefficient (Wildman–Crippen LogP) is 4.73. The first-order chi connectivity index (χ1) is 13.1. The molecule has 1 amide bonds. The van der Waals surface area contributed by atoms with Crippen LogP contribution in [0.1, 0.15) is 59.9 Å². The molecule has 0 bridgehead atoms. The van der Waals surface area contributed by atoms with Crippen LogP contribution >= 0.6 is 0 Å². The van der Waals surface area contributed by atoms with E-state index in [4.69, 9.17) is 0 Å². The summed E-state index contributed by atoms with van der Waals surface area (Å²) in [6.07, 6.45) is 4.61. The molecule has 0 radical (unpaired) electrons. The summed E-state index contributed by atoms with van der Waals surface area (Å²) in [5, 5.41) is 10.3. The average Bonchev–Trinajstić information content (AvgIpc) is 3.18. The third-order valence-electron chi connectivity index (χ3n) is 5.08. The van der Waals surface area contributed by atoms with Gasteiger partial charge in [-0.3, -0.25) is 9.89 Å². The van der Waals surface area contributed by atoms with Crippen LogP contribution < -0.4 is 5.32 Å². The van der Waals surface area contributed by atoms with Crippen LogP contribution in [-0.4, -0.2) is 21.1 Å². The van der Waals surface area contributed by atoms with Crippen molar-refractivity contribution in [3.63, 3.8) is 0 Å². The van der Waals surface area contributed by atoms with Crippen molar-refractivity contribution in [2.24, 2.45) is 0 Å². The van der Waals surface area contributed by atoms with Gasteiger partial charge in [0.25, 0.3) is 5.91 Å². The average molecular weight is 360 g/mol. The summed E-state index contributed by atoms with van der Waals surface area (Å²) < 4.78 is 0. The number of rotatable bonds is 4. The molecule has 3 aromatic rings. The van der Waals surface area contributed by atoms with Gasteiger partial charge in [-0.05, 0) is 61.1 Å². The molecule has 5 heteroatoms. The molecule has 0 unspecified atom stereocenters. The van der Waals surface area contributed by atoms with Gasteiger partial charge in [0.1, 0.15) is 5.82 Å². The molecule has 1 aliphatic rings. The van der Waals surface area contributed by atoms with E-state index in [-0.39, 0.29) is 11.8 Å². The van der Waals surface area contributed by atoms with Crippen molar-refractivity contribution in [2.75, 3.05) is 5.32 Å². The molecule has 4 rings (SSSR count). The molecule has 0 fully saturated rings. The first kappa shape index (κ1) is 17.5. The second kappa shape index (κ2) is 7.35. The van der Waals surface area contributed by atoms with Crippen LogP contribution in [0.3, 0.4) is 0 Å². The van der Waals surface area contributed by atoms with Gasteiger partial charge >= 0.3 is 0 Å². The van der Waals surface area contributed by atoms with E-state index in [0.29, 0.717) is 11.4 Å². The second-order valence-electron chi connectivity index (χ2n) is 7.39. The topological polar surface area (TPSA) is 70.7 Å². The van der Waals surface area contributed by atoms with Crippen molar-refractivity contribution in [3.05, 3.63) is 65.0 Å². The molecule has 1 aromatic heterocycles. The molecule has 0 aliphatic heterocycles. The number of para-hydroxylation sites is 1. The number of H-pyrrole nitrogens is 1. The molecule has 0 saturated heterocycles. The maximum Gasteiger partial charge on any atom is 0.255 e. The molecular formula is C22H24N4O. The fraction of sp³-hybridized carbons (Fsp3) is 0.318. The van der Waals surface area contributed by atoms with Gasteiger partial charge in [0.15, 0.2) is 5.82 Å². The monoisotopic (exact) mass is 360 g/mol. The van der Waals surface area contributed by atoms with Crippen molar-refractivity contribution in [1.82, 2.24) is 15.2 Å². The molecule has 0 spiro atoms. The lowest BCUT2D eigenvalue weighted by atomic mass is 9.90. The maximum atomic E-state index is 12.8. The molecule has 138 valence electrons. The Labute approximate surface area is 159 Å². The number of nitrogens with zero attached hydrogens (tertiary/aromatic N) is 2. The van der Waals surface area contributed by atoms with E-state index in [1.54, 1.807) is 0 Å². The molecule has 2 aromatic carbocycles. The van der Waals surface area contributed by atoms with Gasteiger partial charge in [0.05, 0.1) is 5.69 Å². The molecular weight excluding hydrogens is 336 g/mol. The summed E-state index contributed by atoms with van der Waals surface area (Å²) in [6.45, 7) is 4.13. The number of carbonyl (C=O) groups is 1. The number of benzene rings is 2. The van der Waals surface area contributed by atoms with E-state index in [9.17, 15) is 4.79 Å². The number of amides is 1. The number of aromatic amines is 1. The lowest BCUT2D eigenvalue weighted by Gasteiger charge is -2.16. The fourth-order valence-electron chi connectivity index (χ4n) is 3.51. The van der Waals surface area contributed by atoms with Crippen molar-refractivity contribution >= 4 is 11.6 Å². The summed E-state index contributed by atoms with van der Waals surface area (Å²) in [7, 11) is 0. The van der Waals surface area contributed by atoms with E-state index in [1.165, 1.54) is 24.0 Å². The Morgan fingerprint density at radius 1 is 1.07 bits per heavy atom. The predicted molar refractivity (Wildman–Crippen MR) is 107 cm³/mol. The third-order valence-corrected chi connectivity index (χ3v) is 5.08. The van der Waals surface area contributed by atoms with Gasteiger partial charge in [-0.15, -0.1) is 0 Å². The van der Waals surface area contributed by atoms with Crippen molar-refractivity contribution in [3.8, 4) is 11.4 Å². The SMILES string of the molecule is CC(C)c1nc(-c2ccccc2NC(=O)c2ccc3c(c2)CCCC3)n[nH]1. The molecule has 0 saturated carbocycles. The largest absolute Gasteiger partial charge is 0.321 e. The Kier molecular flexibility index (Phi) is 4.75. The number of anilines is 1. The first-order valence-corrected chi connectivity index (χ1v) is 9.56. The summed E-state index contributed by atoms with van der Waals surface area (Å²) in [5.41, 5.74) is 4.91. The Balaban J connectivity index is 1.60. The number of aromatic nitrogens is 3. The standard InChI is InChI=1S/C22H24N4O/c1-14(2)20-24-21(26-25-20)18-9-5-6-10-19(18)23-22(27)17-12-11-15-7-3-4-8-16(15)13-17/h5-6,9-14H,3-4,7-8H2,1-2H3,(H,23,27)(H,24,25,26). The number of fused-ring (bicyclic) bond motifs is 1. The van der Waals surface area contributed by atoms with Crippen molar-refractivity contribution in [2.45, 2.75) is 45.4 Å². The zero-order valence-electron chi connectivity index (χ0n) is 15.7. The number of nitrogens with one attached hydrogen (secondary N) is 2. The fourth-order valence-corrected chi connectivity index (χ4v) is 3.51. The van der Waals surface area contributed by atoms with Gasteiger partial charge in [0.2, 0.25) is 0 Å². The highest BCUT2D eigenvalue weighted by Crippen LogP contribution is 2.27. The zero-order valence-corrected chi connectivity index (χ0v) is 15.7. The van der Waals surface area contributed by atoms with Gasteiger partial charge in [0, 0.05) is 17.0 Å². The zero-order chi connectivity index (χ0) is 18.8. The van der Waals surface area contributed by atoms with Crippen molar-refractivity contribution < 1.29 is 4.79 Å². The molecule has 0 atom stereocenters.